The van der Waals surface area contributed by atoms with Crippen molar-refractivity contribution >= 4 is 21.6 Å². The van der Waals surface area contributed by atoms with E-state index in [1.807, 2.05) is 27.7 Å². The molecule has 0 heterocycles. The molecule has 2 rings (SSSR count). The minimum Gasteiger partial charge on any atom is -0.494 e. The molecule has 0 unspecified atom stereocenters. The van der Waals surface area contributed by atoms with Gasteiger partial charge in [-0.15, -0.1) is 0 Å². The second kappa shape index (κ2) is 9.98. The molecule has 0 saturated heterocycles. The first-order chi connectivity index (χ1) is 14.0. The van der Waals surface area contributed by atoms with E-state index in [1.54, 1.807) is 24.3 Å². The fourth-order valence-corrected chi connectivity index (χ4v) is 4.13. The summed E-state index contributed by atoms with van der Waals surface area (Å²) in [6, 6.07) is 10.6. The highest BCUT2D eigenvalue weighted by Crippen LogP contribution is 2.23. The van der Waals surface area contributed by atoms with Gasteiger partial charge in [0.25, 0.3) is 0 Å². The zero-order chi connectivity index (χ0) is 22.5. The highest BCUT2D eigenvalue weighted by Gasteiger charge is 2.22. The smallest absolute Gasteiger partial charge is 0.241 e. The van der Waals surface area contributed by atoms with E-state index in [4.69, 9.17) is 4.74 Å². The Morgan fingerprint density at radius 3 is 2.23 bits per heavy atom. The van der Waals surface area contributed by atoms with Crippen molar-refractivity contribution in [2.24, 2.45) is 0 Å². The van der Waals surface area contributed by atoms with Crippen molar-refractivity contribution in [1.82, 2.24) is 5.32 Å². The number of nitrogens with zero attached hydrogens (tertiary/aromatic N) is 1. The van der Waals surface area contributed by atoms with Crippen LogP contribution in [-0.4, -0.2) is 33.7 Å². The summed E-state index contributed by atoms with van der Waals surface area (Å²) in [5.41, 5.74) is 4.89. The van der Waals surface area contributed by atoms with Gasteiger partial charge in [0, 0.05) is 0 Å². The van der Waals surface area contributed by atoms with Crippen LogP contribution in [0.15, 0.2) is 36.4 Å². The fourth-order valence-electron chi connectivity index (χ4n) is 3.27. The van der Waals surface area contributed by atoms with Crippen molar-refractivity contribution in [3.63, 3.8) is 0 Å². The van der Waals surface area contributed by atoms with Crippen LogP contribution in [0, 0.1) is 20.8 Å². The normalized spacial score (nSPS) is 12.3. The summed E-state index contributed by atoms with van der Waals surface area (Å²) >= 11 is 0. The number of rotatable bonds is 9. The van der Waals surface area contributed by atoms with Crippen LogP contribution < -0.4 is 14.4 Å². The largest absolute Gasteiger partial charge is 0.494 e. The molecule has 0 spiro atoms. The first-order valence-corrected chi connectivity index (χ1v) is 12.0. The van der Waals surface area contributed by atoms with E-state index in [1.165, 1.54) is 5.56 Å². The number of sulfonamides is 1. The lowest BCUT2D eigenvalue weighted by molar-refractivity contribution is -0.120. The summed E-state index contributed by atoms with van der Waals surface area (Å²) in [6.45, 7) is 10.3. The number of amides is 1. The zero-order valence-electron chi connectivity index (χ0n) is 18.7. The van der Waals surface area contributed by atoms with Crippen LogP contribution >= 0.6 is 0 Å². The van der Waals surface area contributed by atoms with Crippen LogP contribution in [0.1, 0.15) is 48.6 Å². The van der Waals surface area contributed by atoms with Crippen molar-refractivity contribution in [3.8, 4) is 5.75 Å². The van der Waals surface area contributed by atoms with E-state index in [-0.39, 0.29) is 18.5 Å². The molecule has 2 aromatic rings. The highest BCUT2D eigenvalue weighted by molar-refractivity contribution is 7.92. The number of anilines is 1. The molecular formula is C23H32N2O4S. The van der Waals surface area contributed by atoms with Crippen molar-refractivity contribution in [1.29, 1.82) is 0 Å². The Kier molecular flexibility index (Phi) is 7.89. The quantitative estimate of drug-likeness (QED) is 0.649. The minimum absolute atomic E-state index is 0.233. The number of carbonyl (C=O) groups excluding carboxylic acids is 1. The maximum atomic E-state index is 12.7. The number of carbonyl (C=O) groups is 1. The van der Waals surface area contributed by atoms with Crippen LogP contribution in [0.25, 0.3) is 0 Å². The molecule has 1 atom stereocenters. The number of hydrogen-bond acceptors (Lipinski definition) is 4. The molecule has 7 heteroatoms. The number of aryl methyl sites for hydroxylation is 3. The number of hydrogen-bond donors (Lipinski definition) is 1. The first kappa shape index (κ1) is 23.7. The third-order valence-corrected chi connectivity index (χ3v) is 6.15. The average molecular weight is 433 g/mol. The molecule has 0 radical (unpaired) electrons. The second-order valence-corrected chi connectivity index (χ2v) is 9.60. The molecule has 0 fully saturated rings. The van der Waals surface area contributed by atoms with E-state index >= 15 is 0 Å². The maximum Gasteiger partial charge on any atom is 0.241 e. The van der Waals surface area contributed by atoms with E-state index in [0.717, 1.165) is 33.7 Å². The van der Waals surface area contributed by atoms with Gasteiger partial charge >= 0.3 is 0 Å². The summed E-state index contributed by atoms with van der Waals surface area (Å²) in [5.74, 6) is 0.300. The Morgan fingerprint density at radius 2 is 1.67 bits per heavy atom. The third kappa shape index (κ3) is 6.23. The Bertz CT molecular complexity index is 985. The van der Waals surface area contributed by atoms with E-state index in [2.05, 4.69) is 24.4 Å². The van der Waals surface area contributed by atoms with E-state index < -0.39 is 10.0 Å². The van der Waals surface area contributed by atoms with Gasteiger partial charge in [0.15, 0.2) is 0 Å². The molecule has 30 heavy (non-hydrogen) atoms. The zero-order valence-corrected chi connectivity index (χ0v) is 19.5. The molecule has 164 valence electrons. The SMILES string of the molecule is CCCOc1ccc(N(CC(=O)N[C@@H](C)c2cc(C)c(C)cc2C)S(C)(=O)=O)cc1. The molecule has 0 saturated carbocycles. The minimum atomic E-state index is -3.63. The molecule has 1 N–H and O–H groups in total. The molecule has 0 bridgehead atoms. The molecule has 6 nitrogen and oxygen atoms in total. The molecule has 0 aliphatic heterocycles. The summed E-state index contributed by atoms with van der Waals surface area (Å²) in [6.07, 6.45) is 1.98. The van der Waals surface area contributed by atoms with Gasteiger partial charge < -0.3 is 10.1 Å². The van der Waals surface area contributed by atoms with Gasteiger partial charge in [-0.25, -0.2) is 8.42 Å². The molecule has 2 aromatic carbocycles. The van der Waals surface area contributed by atoms with Crippen molar-refractivity contribution in [2.45, 2.75) is 47.1 Å². The molecule has 1 amide bonds. The van der Waals surface area contributed by atoms with Crippen molar-refractivity contribution < 1.29 is 17.9 Å². The summed E-state index contributed by atoms with van der Waals surface area (Å²) in [7, 11) is -3.63. The van der Waals surface area contributed by atoms with Crippen molar-refractivity contribution in [2.75, 3.05) is 23.7 Å². The van der Waals surface area contributed by atoms with Gasteiger partial charge in [-0.05, 0) is 80.6 Å². The lowest BCUT2D eigenvalue weighted by Gasteiger charge is -2.24. The predicted octanol–water partition coefficient (Wildman–Crippen LogP) is 4.04. The molecular weight excluding hydrogens is 400 g/mol. The van der Waals surface area contributed by atoms with Gasteiger partial charge in [-0.1, -0.05) is 19.1 Å². The Balaban J connectivity index is 2.15. The van der Waals surface area contributed by atoms with Crippen LogP contribution in [0.2, 0.25) is 0 Å². The summed E-state index contributed by atoms with van der Waals surface area (Å²) < 4.78 is 31.3. The molecule has 0 aliphatic carbocycles. The predicted molar refractivity (Wildman–Crippen MR) is 122 cm³/mol. The second-order valence-electron chi connectivity index (χ2n) is 7.69. The standard InChI is InChI=1S/C23H32N2O4S/c1-7-12-29-21-10-8-20(9-11-21)25(30(6,27)28)15-23(26)24-19(5)22-14-17(3)16(2)13-18(22)4/h8-11,13-14,19H,7,12,15H2,1-6H3,(H,24,26)/t19-/m0/s1. The monoisotopic (exact) mass is 432 g/mol. The topological polar surface area (TPSA) is 75.7 Å². The van der Waals surface area contributed by atoms with Crippen LogP contribution in [0.4, 0.5) is 5.69 Å². The molecule has 0 aliphatic rings. The van der Waals surface area contributed by atoms with Crippen LogP contribution in [0.5, 0.6) is 5.75 Å². The number of benzene rings is 2. The maximum absolute atomic E-state index is 12.7. The molecule has 0 aromatic heterocycles. The van der Waals surface area contributed by atoms with E-state index in [9.17, 15) is 13.2 Å². The van der Waals surface area contributed by atoms with Crippen LogP contribution in [0.3, 0.4) is 0 Å². The fraction of sp³-hybridized carbons (Fsp3) is 0.435. The lowest BCUT2D eigenvalue weighted by atomic mass is 9.96. The van der Waals surface area contributed by atoms with Gasteiger partial charge in [0.1, 0.15) is 12.3 Å². The lowest BCUT2D eigenvalue weighted by Crippen LogP contribution is -2.41. The van der Waals surface area contributed by atoms with E-state index in [0.29, 0.717) is 18.0 Å². The van der Waals surface area contributed by atoms with Gasteiger partial charge in [-0.2, -0.15) is 0 Å². The van der Waals surface area contributed by atoms with Gasteiger partial charge in [0.05, 0.1) is 24.6 Å². The summed E-state index contributed by atoms with van der Waals surface area (Å²) in [4.78, 5) is 12.7. The average Bonchev–Trinajstić information content (AvgIpc) is 2.67. The van der Waals surface area contributed by atoms with Gasteiger partial charge in [0.2, 0.25) is 15.9 Å². The van der Waals surface area contributed by atoms with Crippen LogP contribution in [-0.2, 0) is 14.8 Å². The number of ether oxygens (including phenoxy) is 1. The van der Waals surface area contributed by atoms with Gasteiger partial charge in [-0.3, -0.25) is 9.10 Å². The highest BCUT2D eigenvalue weighted by atomic mass is 32.2. The Labute approximate surface area is 180 Å². The third-order valence-electron chi connectivity index (χ3n) is 5.01. The Hall–Kier alpha value is -2.54. The summed E-state index contributed by atoms with van der Waals surface area (Å²) in [5, 5.41) is 2.93. The number of nitrogens with one attached hydrogen (secondary N) is 1. The Morgan fingerprint density at radius 1 is 1.07 bits per heavy atom. The first-order valence-electron chi connectivity index (χ1n) is 10.1. The van der Waals surface area contributed by atoms with Crippen molar-refractivity contribution in [3.05, 3.63) is 58.7 Å².